The van der Waals surface area contributed by atoms with E-state index < -0.39 is 16.1 Å². The van der Waals surface area contributed by atoms with Crippen molar-refractivity contribution in [3.63, 3.8) is 0 Å². The summed E-state index contributed by atoms with van der Waals surface area (Å²) in [4.78, 5) is 0. The zero-order valence-corrected chi connectivity index (χ0v) is 20.5. The van der Waals surface area contributed by atoms with E-state index in [-0.39, 0.29) is 0 Å². The van der Waals surface area contributed by atoms with E-state index in [0.29, 0.717) is 16.6 Å². The molecular weight excluding hydrogens is 344 g/mol. The number of hydrogen-bond donors (Lipinski definition) is 0. The number of hydrogen-bond acceptors (Lipinski definition) is 0. The third kappa shape index (κ3) is 6.19. The van der Waals surface area contributed by atoms with Crippen LogP contribution in [0.5, 0.6) is 0 Å². The molecule has 0 aromatic heterocycles. The maximum absolute atomic E-state index is 3.84. The van der Waals surface area contributed by atoms with Crippen LogP contribution in [0.1, 0.15) is 59.1 Å². The van der Waals surface area contributed by atoms with Crippen molar-refractivity contribution in [2.75, 3.05) is 0 Å². The minimum Gasteiger partial charge on any atom is -0.130 e. The normalized spacial score (nSPS) is 12.0. The zero-order valence-electron chi connectivity index (χ0n) is 18.5. The van der Waals surface area contributed by atoms with Gasteiger partial charge in [0.15, 0.2) is 0 Å². The van der Waals surface area contributed by atoms with Gasteiger partial charge in [-0.25, -0.2) is 0 Å². The summed E-state index contributed by atoms with van der Waals surface area (Å²) in [5.74, 6) is 7.03. The summed E-state index contributed by atoms with van der Waals surface area (Å²) in [7, 11) is -2.95. The van der Waals surface area contributed by atoms with Crippen molar-refractivity contribution in [1.82, 2.24) is 0 Å². The Morgan fingerprint density at radius 1 is 0.808 bits per heavy atom. The highest BCUT2D eigenvalue weighted by atomic mass is 28.3. The van der Waals surface area contributed by atoms with E-state index in [1.807, 2.05) is 0 Å². The highest BCUT2D eigenvalue weighted by Crippen LogP contribution is 2.40. The largest absolute Gasteiger partial charge is 0.145 e. The molecule has 1 rings (SSSR count). The quantitative estimate of drug-likeness (QED) is 0.377. The van der Waals surface area contributed by atoms with Crippen molar-refractivity contribution >= 4 is 16.1 Å². The van der Waals surface area contributed by atoms with Gasteiger partial charge in [-0.15, -0.1) is 17.0 Å². The van der Waals surface area contributed by atoms with Gasteiger partial charge in [-0.05, 0) is 34.7 Å². The number of rotatable bonds is 5. The summed E-state index contributed by atoms with van der Waals surface area (Å²) in [6.45, 7) is 21.1. The average molecular weight is 383 g/mol. The first kappa shape index (κ1) is 22.8. The minimum atomic E-state index is -1.60. The topological polar surface area (TPSA) is 0 Å². The van der Waals surface area contributed by atoms with Crippen LogP contribution in [0.4, 0.5) is 0 Å². The van der Waals surface area contributed by atoms with E-state index in [1.54, 1.807) is 0 Å². The maximum atomic E-state index is 3.84. The van der Waals surface area contributed by atoms with Crippen LogP contribution in [0.15, 0.2) is 24.3 Å². The highest BCUT2D eigenvalue weighted by molar-refractivity contribution is 6.90. The van der Waals surface area contributed by atoms with E-state index in [0.717, 1.165) is 12.8 Å². The van der Waals surface area contributed by atoms with Gasteiger partial charge in [-0.2, -0.15) is 0 Å². The first-order valence-corrected chi connectivity index (χ1v) is 15.8. The predicted octanol–water partition coefficient (Wildman–Crippen LogP) is 7.07. The Bertz CT molecular complexity index is 676. The van der Waals surface area contributed by atoms with Crippen LogP contribution in [-0.4, -0.2) is 16.1 Å². The fourth-order valence-corrected chi connectivity index (χ4v) is 9.77. The Morgan fingerprint density at radius 3 is 1.85 bits per heavy atom. The molecule has 0 aliphatic carbocycles. The Hall–Kier alpha value is -1.23. The van der Waals surface area contributed by atoms with E-state index in [4.69, 9.17) is 0 Å². The third-order valence-corrected chi connectivity index (χ3v) is 12.5. The third-order valence-electron chi connectivity index (χ3n) is 5.28. The van der Waals surface area contributed by atoms with Gasteiger partial charge < -0.3 is 0 Å². The van der Waals surface area contributed by atoms with E-state index >= 15 is 0 Å². The van der Waals surface area contributed by atoms with Crippen LogP contribution in [0, 0.1) is 22.9 Å². The first-order chi connectivity index (χ1) is 12.0. The number of aryl methyl sites for hydroxylation is 1. The second-order valence-electron chi connectivity index (χ2n) is 9.36. The lowest BCUT2D eigenvalue weighted by molar-refractivity contribution is 0.838. The molecule has 0 heterocycles. The Morgan fingerprint density at radius 2 is 1.35 bits per heavy atom. The standard InChI is InChI=1S/C24H38Si2/c1-20(2)26(21(3)4,22(5)6)18-13-12-16-23-14-10-11-15-24(23)17-19-25(7,8)9/h10-11,14-15,20-22H,12,16H2,1-9H3. The molecule has 0 radical (unpaired) electrons. The molecule has 0 unspecified atom stereocenters. The Labute approximate surface area is 165 Å². The Balaban J connectivity index is 2.99. The van der Waals surface area contributed by atoms with Crippen LogP contribution in [-0.2, 0) is 6.42 Å². The first-order valence-electron chi connectivity index (χ1n) is 10.1. The number of benzene rings is 1. The predicted molar refractivity (Wildman–Crippen MR) is 124 cm³/mol. The van der Waals surface area contributed by atoms with Crippen LogP contribution < -0.4 is 0 Å². The summed E-state index contributed by atoms with van der Waals surface area (Å²) in [5, 5.41) is 0. The van der Waals surface area contributed by atoms with Gasteiger partial charge in [0.05, 0.1) is 0 Å². The second-order valence-corrected chi connectivity index (χ2v) is 19.7. The molecule has 2 heteroatoms. The van der Waals surface area contributed by atoms with Crippen LogP contribution in [0.3, 0.4) is 0 Å². The van der Waals surface area contributed by atoms with Gasteiger partial charge >= 0.3 is 0 Å². The molecule has 0 fully saturated rings. The van der Waals surface area contributed by atoms with E-state index in [2.05, 4.69) is 108 Å². The average Bonchev–Trinajstić information content (AvgIpc) is 2.52. The molecule has 0 spiro atoms. The summed E-state index contributed by atoms with van der Waals surface area (Å²) >= 11 is 0. The summed E-state index contributed by atoms with van der Waals surface area (Å²) in [6, 6.07) is 8.59. The highest BCUT2D eigenvalue weighted by Gasteiger charge is 2.41. The molecule has 1 aromatic rings. The lowest BCUT2D eigenvalue weighted by atomic mass is 10.0. The van der Waals surface area contributed by atoms with Crippen molar-refractivity contribution in [2.24, 2.45) is 0 Å². The van der Waals surface area contributed by atoms with Gasteiger partial charge in [0.2, 0.25) is 0 Å². The molecule has 26 heavy (non-hydrogen) atoms. The van der Waals surface area contributed by atoms with E-state index in [1.165, 1.54) is 11.1 Å². The second kappa shape index (κ2) is 9.63. The van der Waals surface area contributed by atoms with Gasteiger partial charge in [0.25, 0.3) is 0 Å². The van der Waals surface area contributed by atoms with Crippen molar-refractivity contribution in [2.45, 2.75) is 90.6 Å². The molecule has 0 saturated carbocycles. The molecule has 0 N–H and O–H groups in total. The molecule has 0 amide bonds. The fraction of sp³-hybridized carbons (Fsp3) is 0.583. The molecule has 0 atom stereocenters. The van der Waals surface area contributed by atoms with Crippen molar-refractivity contribution < 1.29 is 0 Å². The maximum Gasteiger partial charge on any atom is 0.145 e. The van der Waals surface area contributed by atoms with Crippen LogP contribution >= 0.6 is 0 Å². The van der Waals surface area contributed by atoms with Crippen LogP contribution in [0.2, 0.25) is 36.3 Å². The SMILES string of the molecule is CC(C)[Si](C#CCCc1ccccc1C#C[Si](C)(C)C)(C(C)C)C(C)C. The van der Waals surface area contributed by atoms with Gasteiger partial charge in [0, 0.05) is 12.0 Å². The summed E-state index contributed by atoms with van der Waals surface area (Å²) in [6.07, 6.45) is 1.94. The van der Waals surface area contributed by atoms with Gasteiger partial charge in [0.1, 0.15) is 16.1 Å². The molecule has 0 aliphatic heterocycles. The monoisotopic (exact) mass is 382 g/mol. The Kier molecular flexibility index (Phi) is 8.45. The van der Waals surface area contributed by atoms with Gasteiger partial charge in [-0.3, -0.25) is 0 Å². The van der Waals surface area contributed by atoms with Crippen LogP contribution in [0.25, 0.3) is 0 Å². The summed E-state index contributed by atoms with van der Waals surface area (Å²) in [5.41, 5.74) is 12.0. The molecule has 1 aromatic carbocycles. The summed E-state index contributed by atoms with van der Waals surface area (Å²) < 4.78 is 0. The van der Waals surface area contributed by atoms with E-state index in [9.17, 15) is 0 Å². The molecule has 0 saturated heterocycles. The zero-order chi connectivity index (χ0) is 20.0. The minimum absolute atomic E-state index is 0.699. The van der Waals surface area contributed by atoms with Crippen molar-refractivity contribution in [1.29, 1.82) is 0 Å². The molecule has 0 aliphatic rings. The fourth-order valence-electron chi connectivity index (χ4n) is 3.96. The molecule has 0 nitrogen and oxygen atoms in total. The van der Waals surface area contributed by atoms with Crippen molar-refractivity contribution in [3.8, 4) is 22.9 Å². The molecule has 0 bridgehead atoms. The lowest BCUT2D eigenvalue weighted by Gasteiger charge is -2.38. The lowest BCUT2D eigenvalue weighted by Crippen LogP contribution is -2.43. The smallest absolute Gasteiger partial charge is 0.130 e. The molecular formula is C24H38Si2. The van der Waals surface area contributed by atoms with Gasteiger partial charge in [-0.1, -0.05) is 85.3 Å². The molecule has 142 valence electrons. The van der Waals surface area contributed by atoms with Crippen molar-refractivity contribution in [3.05, 3.63) is 35.4 Å².